The maximum absolute atomic E-state index is 12.5. The van der Waals surface area contributed by atoms with E-state index in [0.29, 0.717) is 35.0 Å². The predicted molar refractivity (Wildman–Crippen MR) is 132 cm³/mol. The van der Waals surface area contributed by atoms with E-state index in [-0.39, 0.29) is 11.8 Å². The minimum atomic E-state index is -0.282. The number of nitrogens with one attached hydrogen (secondary N) is 2. The van der Waals surface area contributed by atoms with E-state index in [2.05, 4.69) is 10.6 Å². The standard InChI is InChI=1S/C27H28N2O4/c1-4-17-33-24-15-13-20(18-25(24)32-3)14-16-26(30)28-22-11-8-12-23(19(22)2)29-27(31)21-9-6-5-7-10-21/h5-16,18H,4,17H2,1-3H3,(H,28,30)(H,29,31)/b16-14+. The number of hydrogen-bond donors (Lipinski definition) is 2. The van der Waals surface area contributed by atoms with Gasteiger partial charge in [0.15, 0.2) is 11.5 Å². The first-order valence-electron chi connectivity index (χ1n) is 10.8. The summed E-state index contributed by atoms with van der Waals surface area (Å²) in [6, 6.07) is 19.9. The van der Waals surface area contributed by atoms with Gasteiger partial charge in [-0.2, -0.15) is 0 Å². The molecule has 3 aromatic carbocycles. The largest absolute Gasteiger partial charge is 0.493 e. The van der Waals surface area contributed by atoms with Gasteiger partial charge >= 0.3 is 0 Å². The lowest BCUT2D eigenvalue weighted by Gasteiger charge is -2.13. The highest BCUT2D eigenvalue weighted by Crippen LogP contribution is 2.29. The fourth-order valence-corrected chi connectivity index (χ4v) is 3.16. The molecule has 0 saturated heterocycles. The lowest BCUT2D eigenvalue weighted by atomic mass is 10.1. The summed E-state index contributed by atoms with van der Waals surface area (Å²) in [6.45, 7) is 4.49. The van der Waals surface area contributed by atoms with Gasteiger partial charge in [0.1, 0.15) is 0 Å². The Morgan fingerprint density at radius 2 is 1.64 bits per heavy atom. The second-order valence-corrected chi connectivity index (χ2v) is 7.38. The zero-order valence-corrected chi connectivity index (χ0v) is 19.1. The van der Waals surface area contributed by atoms with Crippen LogP contribution in [-0.2, 0) is 4.79 Å². The second-order valence-electron chi connectivity index (χ2n) is 7.38. The summed E-state index contributed by atoms with van der Waals surface area (Å²) in [5.74, 6) is 0.798. The molecule has 3 rings (SSSR count). The fraction of sp³-hybridized carbons (Fsp3) is 0.185. The molecule has 0 aliphatic rings. The van der Waals surface area contributed by atoms with Crippen molar-refractivity contribution in [1.29, 1.82) is 0 Å². The molecule has 6 heteroatoms. The van der Waals surface area contributed by atoms with Gasteiger partial charge in [-0.05, 0) is 66.9 Å². The van der Waals surface area contributed by atoms with Crippen LogP contribution in [0.2, 0.25) is 0 Å². The van der Waals surface area contributed by atoms with E-state index in [1.165, 1.54) is 6.08 Å². The van der Waals surface area contributed by atoms with Gasteiger partial charge in [0.25, 0.3) is 5.91 Å². The average Bonchev–Trinajstić information content (AvgIpc) is 2.84. The molecule has 0 radical (unpaired) electrons. The summed E-state index contributed by atoms with van der Waals surface area (Å²) in [5, 5.41) is 5.77. The van der Waals surface area contributed by atoms with Crippen molar-refractivity contribution < 1.29 is 19.1 Å². The molecule has 0 bridgehead atoms. The van der Waals surface area contributed by atoms with Crippen LogP contribution >= 0.6 is 0 Å². The van der Waals surface area contributed by atoms with Crippen LogP contribution in [0.3, 0.4) is 0 Å². The SMILES string of the molecule is CCCOc1ccc(/C=C/C(=O)Nc2cccc(NC(=O)c3ccccc3)c2C)cc1OC. The van der Waals surface area contributed by atoms with E-state index >= 15 is 0 Å². The van der Waals surface area contributed by atoms with Crippen LogP contribution in [0.4, 0.5) is 11.4 Å². The van der Waals surface area contributed by atoms with Crippen molar-refractivity contribution in [2.24, 2.45) is 0 Å². The number of carbonyl (C=O) groups excluding carboxylic acids is 2. The molecule has 0 saturated carbocycles. The van der Waals surface area contributed by atoms with E-state index in [1.54, 1.807) is 43.5 Å². The van der Waals surface area contributed by atoms with Gasteiger partial charge in [0, 0.05) is 23.0 Å². The number of ether oxygens (including phenoxy) is 2. The Morgan fingerprint density at radius 3 is 2.33 bits per heavy atom. The van der Waals surface area contributed by atoms with Crippen molar-refractivity contribution in [3.8, 4) is 11.5 Å². The Labute approximate surface area is 194 Å². The Balaban J connectivity index is 1.67. The van der Waals surface area contributed by atoms with Gasteiger partial charge in [-0.25, -0.2) is 0 Å². The molecule has 0 atom stereocenters. The Bertz CT molecular complexity index is 1140. The lowest BCUT2D eigenvalue weighted by molar-refractivity contribution is -0.111. The summed E-state index contributed by atoms with van der Waals surface area (Å²) in [6.07, 6.45) is 4.06. The topological polar surface area (TPSA) is 76.7 Å². The molecule has 2 amide bonds. The van der Waals surface area contributed by atoms with Crippen LogP contribution in [0.5, 0.6) is 11.5 Å². The molecule has 6 nitrogen and oxygen atoms in total. The summed E-state index contributed by atoms with van der Waals surface area (Å²) >= 11 is 0. The molecule has 170 valence electrons. The minimum Gasteiger partial charge on any atom is -0.493 e. The van der Waals surface area contributed by atoms with Crippen LogP contribution in [0.15, 0.2) is 72.8 Å². The van der Waals surface area contributed by atoms with E-state index in [4.69, 9.17) is 9.47 Å². The van der Waals surface area contributed by atoms with Gasteiger partial charge in [-0.3, -0.25) is 9.59 Å². The van der Waals surface area contributed by atoms with Crippen LogP contribution in [0.25, 0.3) is 6.08 Å². The highest BCUT2D eigenvalue weighted by Gasteiger charge is 2.11. The average molecular weight is 445 g/mol. The van der Waals surface area contributed by atoms with Crippen molar-refractivity contribution >= 4 is 29.3 Å². The van der Waals surface area contributed by atoms with E-state index in [1.807, 2.05) is 50.2 Å². The maximum Gasteiger partial charge on any atom is 0.255 e. The van der Waals surface area contributed by atoms with Crippen molar-refractivity contribution in [3.63, 3.8) is 0 Å². The van der Waals surface area contributed by atoms with Gasteiger partial charge in [0.2, 0.25) is 5.91 Å². The molecular weight excluding hydrogens is 416 g/mol. The lowest BCUT2D eigenvalue weighted by Crippen LogP contribution is -2.14. The molecular formula is C27H28N2O4. The van der Waals surface area contributed by atoms with Gasteiger partial charge in [-0.1, -0.05) is 37.3 Å². The van der Waals surface area contributed by atoms with Crippen molar-refractivity contribution in [3.05, 3.63) is 89.5 Å². The van der Waals surface area contributed by atoms with Crippen molar-refractivity contribution in [2.75, 3.05) is 24.4 Å². The molecule has 0 fully saturated rings. The quantitative estimate of drug-likeness (QED) is 0.415. The molecule has 0 aromatic heterocycles. The number of methoxy groups -OCH3 is 1. The Hall–Kier alpha value is -4.06. The molecule has 0 spiro atoms. The maximum atomic E-state index is 12.5. The molecule has 3 aromatic rings. The highest BCUT2D eigenvalue weighted by atomic mass is 16.5. The smallest absolute Gasteiger partial charge is 0.255 e. The van der Waals surface area contributed by atoms with Crippen LogP contribution in [0, 0.1) is 6.92 Å². The zero-order chi connectivity index (χ0) is 23.6. The van der Waals surface area contributed by atoms with E-state index in [9.17, 15) is 9.59 Å². The summed E-state index contributed by atoms with van der Waals surface area (Å²) in [5.41, 5.74) is 3.40. The fourth-order valence-electron chi connectivity index (χ4n) is 3.16. The van der Waals surface area contributed by atoms with Crippen molar-refractivity contribution in [1.82, 2.24) is 0 Å². The van der Waals surface area contributed by atoms with Crippen LogP contribution < -0.4 is 20.1 Å². The van der Waals surface area contributed by atoms with Crippen LogP contribution in [-0.4, -0.2) is 25.5 Å². The predicted octanol–water partition coefficient (Wildman–Crippen LogP) is 5.70. The monoisotopic (exact) mass is 444 g/mol. The Morgan fingerprint density at radius 1 is 0.909 bits per heavy atom. The van der Waals surface area contributed by atoms with Crippen molar-refractivity contribution in [2.45, 2.75) is 20.3 Å². The first kappa shape index (κ1) is 23.6. The molecule has 2 N–H and O–H groups in total. The van der Waals surface area contributed by atoms with E-state index < -0.39 is 0 Å². The molecule has 33 heavy (non-hydrogen) atoms. The molecule has 0 aliphatic heterocycles. The number of hydrogen-bond acceptors (Lipinski definition) is 4. The Kier molecular flexibility index (Phi) is 8.24. The zero-order valence-electron chi connectivity index (χ0n) is 19.1. The molecule has 0 heterocycles. The first-order chi connectivity index (χ1) is 16.0. The summed E-state index contributed by atoms with van der Waals surface area (Å²) < 4.78 is 11.0. The molecule has 0 aliphatic carbocycles. The normalized spacial score (nSPS) is 10.6. The van der Waals surface area contributed by atoms with Crippen LogP contribution in [0.1, 0.15) is 34.8 Å². The first-order valence-corrected chi connectivity index (χ1v) is 10.8. The number of amides is 2. The number of anilines is 2. The van der Waals surface area contributed by atoms with Gasteiger partial charge < -0.3 is 20.1 Å². The number of carbonyl (C=O) groups is 2. The molecule has 0 unspecified atom stereocenters. The van der Waals surface area contributed by atoms with E-state index in [0.717, 1.165) is 17.5 Å². The minimum absolute atomic E-state index is 0.206. The third-order valence-corrected chi connectivity index (χ3v) is 4.95. The summed E-state index contributed by atoms with van der Waals surface area (Å²) in [7, 11) is 1.58. The summed E-state index contributed by atoms with van der Waals surface area (Å²) in [4.78, 5) is 25.0. The number of rotatable bonds is 9. The van der Waals surface area contributed by atoms with Gasteiger partial charge in [0.05, 0.1) is 13.7 Å². The third kappa shape index (κ3) is 6.46. The third-order valence-electron chi connectivity index (χ3n) is 4.95. The van der Waals surface area contributed by atoms with Gasteiger partial charge in [-0.15, -0.1) is 0 Å². The second kappa shape index (κ2) is 11.5. The highest BCUT2D eigenvalue weighted by molar-refractivity contribution is 6.06. The number of benzene rings is 3.